The average Bonchev–Trinajstić information content (AvgIpc) is 2.43. The molecule has 0 aliphatic heterocycles. The maximum absolute atomic E-state index is 12.0. The van der Waals surface area contributed by atoms with Crippen molar-refractivity contribution in [3.63, 3.8) is 0 Å². The summed E-state index contributed by atoms with van der Waals surface area (Å²) in [6, 6.07) is 7.15. The van der Waals surface area contributed by atoms with E-state index in [1.807, 2.05) is 45.9 Å². The van der Waals surface area contributed by atoms with Gasteiger partial charge in [-0.3, -0.25) is 4.99 Å². The molecular weight excluding hydrogens is 262 g/mol. The van der Waals surface area contributed by atoms with Crippen LogP contribution in [0.5, 0.6) is 0 Å². The minimum atomic E-state index is -0.504. The van der Waals surface area contributed by atoms with Crippen LogP contribution in [0.3, 0.4) is 0 Å². The molecule has 0 atom stereocenters. The molecule has 0 aromatic heterocycles. The van der Waals surface area contributed by atoms with Crippen molar-refractivity contribution in [2.45, 2.75) is 33.3 Å². The molecule has 1 rings (SSSR count). The maximum atomic E-state index is 12.0. The monoisotopic (exact) mass is 283 g/mol. The van der Waals surface area contributed by atoms with Gasteiger partial charge >= 0.3 is 5.97 Å². The van der Waals surface area contributed by atoms with E-state index in [0.29, 0.717) is 11.3 Å². The van der Waals surface area contributed by atoms with Crippen LogP contribution in [0, 0.1) is 12.3 Å². The molecule has 0 spiro atoms. The lowest BCUT2D eigenvalue weighted by molar-refractivity contribution is 0.00695. The van der Waals surface area contributed by atoms with Crippen LogP contribution < -0.4 is 0 Å². The van der Waals surface area contributed by atoms with Crippen LogP contribution in [0.1, 0.15) is 43.6 Å². The van der Waals surface area contributed by atoms with Gasteiger partial charge in [0, 0.05) is 12.6 Å². The number of carbonyl (C=O) groups is 1. The zero-order valence-corrected chi connectivity index (χ0v) is 13.2. The van der Waals surface area contributed by atoms with Gasteiger partial charge in [-0.15, -0.1) is 6.42 Å². The van der Waals surface area contributed by atoms with E-state index in [-0.39, 0.29) is 5.97 Å². The highest BCUT2D eigenvalue weighted by atomic mass is 16.6. The SMILES string of the molecule is C#CC(=N/C)/C(=C\C)c1ccc(C(=O)OC(C)(C)C)cc1. The molecule has 110 valence electrons. The largest absolute Gasteiger partial charge is 0.456 e. The Morgan fingerprint density at radius 1 is 1.24 bits per heavy atom. The first-order valence-corrected chi connectivity index (χ1v) is 6.76. The van der Waals surface area contributed by atoms with E-state index < -0.39 is 5.60 Å². The molecule has 3 nitrogen and oxygen atoms in total. The number of esters is 1. The molecule has 0 saturated carbocycles. The molecule has 0 saturated heterocycles. The third-order valence-corrected chi connectivity index (χ3v) is 2.73. The van der Waals surface area contributed by atoms with Gasteiger partial charge in [0.1, 0.15) is 11.3 Å². The number of carbonyl (C=O) groups excluding carboxylic acids is 1. The second-order valence-corrected chi connectivity index (χ2v) is 5.50. The molecule has 0 heterocycles. The van der Waals surface area contributed by atoms with Crippen LogP contribution in [-0.2, 0) is 4.74 Å². The molecule has 0 amide bonds. The Morgan fingerprint density at radius 3 is 2.14 bits per heavy atom. The highest BCUT2D eigenvalue weighted by molar-refractivity contribution is 6.31. The fourth-order valence-corrected chi connectivity index (χ4v) is 1.83. The number of rotatable bonds is 3. The second-order valence-electron chi connectivity index (χ2n) is 5.50. The van der Waals surface area contributed by atoms with E-state index in [4.69, 9.17) is 11.2 Å². The first kappa shape index (κ1) is 16.7. The molecule has 0 unspecified atom stereocenters. The lowest BCUT2D eigenvalue weighted by Crippen LogP contribution is -2.23. The van der Waals surface area contributed by atoms with Crippen LogP contribution in [0.15, 0.2) is 35.3 Å². The molecule has 1 aromatic rings. The quantitative estimate of drug-likeness (QED) is 0.481. The molecule has 0 bridgehead atoms. The van der Waals surface area contributed by atoms with Gasteiger partial charge in [-0.1, -0.05) is 24.1 Å². The lowest BCUT2D eigenvalue weighted by atomic mass is 10.00. The number of hydrogen-bond donors (Lipinski definition) is 0. The summed E-state index contributed by atoms with van der Waals surface area (Å²) in [4.78, 5) is 16.0. The maximum Gasteiger partial charge on any atom is 0.338 e. The Balaban J connectivity index is 3.03. The summed E-state index contributed by atoms with van der Waals surface area (Å²) in [5, 5.41) is 0. The summed E-state index contributed by atoms with van der Waals surface area (Å²) < 4.78 is 5.33. The molecule has 0 fully saturated rings. The van der Waals surface area contributed by atoms with E-state index in [2.05, 4.69) is 10.9 Å². The number of terminal acetylenes is 1. The van der Waals surface area contributed by atoms with Gasteiger partial charge in [-0.05, 0) is 45.4 Å². The van der Waals surface area contributed by atoms with Crippen LogP contribution in [-0.4, -0.2) is 24.3 Å². The number of ether oxygens (including phenoxy) is 1. The van der Waals surface area contributed by atoms with Crippen molar-refractivity contribution in [2.24, 2.45) is 4.99 Å². The van der Waals surface area contributed by atoms with Crippen molar-refractivity contribution in [2.75, 3.05) is 7.05 Å². The molecule has 0 aliphatic carbocycles. The van der Waals surface area contributed by atoms with E-state index in [9.17, 15) is 4.79 Å². The predicted molar refractivity (Wildman–Crippen MR) is 87.5 cm³/mol. The number of allylic oxidation sites excluding steroid dienone is 2. The molecule has 1 aromatic carbocycles. The average molecular weight is 283 g/mol. The van der Waals surface area contributed by atoms with Crippen molar-refractivity contribution in [1.29, 1.82) is 0 Å². The van der Waals surface area contributed by atoms with Crippen molar-refractivity contribution >= 4 is 17.3 Å². The van der Waals surface area contributed by atoms with Gasteiger partial charge in [0.2, 0.25) is 0 Å². The Kier molecular flexibility index (Phi) is 5.49. The van der Waals surface area contributed by atoms with Crippen molar-refractivity contribution in [3.05, 3.63) is 41.5 Å². The molecule has 0 N–H and O–H groups in total. The lowest BCUT2D eigenvalue weighted by Gasteiger charge is -2.19. The molecule has 0 radical (unpaired) electrons. The summed E-state index contributed by atoms with van der Waals surface area (Å²) in [7, 11) is 1.66. The predicted octanol–water partition coefficient (Wildman–Crippen LogP) is 3.75. The minimum Gasteiger partial charge on any atom is -0.456 e. The zero-order chi connectivity index (χ0) is 16.0. The standard InChI is InChI=1S/C18H21NO2/c1-7-15(16(8-2)19-6)13-9-11-14(12-10-13)17(20)21-18(3,4)5/h2,7,9-12H,1,3-6H3/b15-7-,19-16-. The molecule has 0 aliphatic rings. The summed E-state index contributed by atoms with van der Waals surface area (Å²) in [5.41, 5.74) is 2.39. The van der Waals surface area contributed by atoms with Gasteiger partial charge in [-0.25, -0.2) is 4.79 Å². The highest BCUT2D eigenvalue weighted by Gasteiger charge is 2.18. The number of hydrogen-bond acceptors (Lipinski definition) is 3. The number of benzene rings is 1. The van der Waals surface area contributed by atoms with Crippen LogP contribution in [0.25, 0.3) is 5.57 Å². The molecule has 21 heavy (non-hydrogen) atoms. The Bertz CT molecular complexity index is 608. The normalized spacial score (nSPS) is 12.8. The fraction of sp³-hybridized carbons (Fsp3) is 0.333. The zero-order valence-electron chi connectivity index (χ0n) is 13.2. The smallest absolute Gasteiger partial charge is 0.338 e. The molecule has 3 heteroatoms. The third kappa shape index (κ3) is 4.61. The van der Waals surface area contributed by atoms with Gasteiger partial charge in [0.25, 0.3) is 0 Å². The third-order valence-electron chi connectivity index (χ3n) is 2.73. The first-order chi connectivity index (χ1) is 9.82. The summed E-state index contributed by atoms with van der Waals surface area (Å²) in [6.45, 7) is 7.43. The summed E-state index contributed by atoms with van der Waals surface area (Å²) >= 11 is 0. The van der Waals surface area contributed by atoms with Crippen molar-refractivity contribution in [3.8, 4) is 12.3 Å². The Hall–Kier alpha value is -2.34. The Morgan fingerprint density at radius 2 is 1.76 bits per heavy atom. The first-order valence-electron chi connectivity index (χ1n) is 6.76. The van der Waals surface area contributed by atoms with Gasteiger partial charge in [0.15, 0.2) is 0 Å². The van der Waals surface area contributed by atoms with Gasteiger partial charge < -0.3 is 4.74 Å². The number of nitrogens with zero attached hydrogens (tertiary/aromatic N) is 1. The number of aliphatic imine (C=N–C) groups is 1. The van der Waals surface area contributed by atoms with E-state index in [1.54, 1.807) is 19.2 Å². The van der Waals surface area contributed by atoms with Crippen LogP contribution in [0.4, 0.5) is 0 Å². The second kappa shape index (κ2) is 6.90. The summed E-state index contributed by atoms with van der Waals surface area (Å²) in [5.74, 6) is 2.22. The highest BCUT2D eigenvalue weighted by Crippen LogP contribution is 2.19. The van der Waals surface area contributed by atoms with Gasteiger partial charge in [0.05, 0.1) is 5.56 Å². The van der Waals surface area contributed by atoms with Crippen molar-refractivity contribution < 1.29 is 9.53 Å². The van der Waals surface area contributed by atoms with E-state index in [0.717, 1.165) is 11.1 Å². The van der Waals surface area contributed by atoms with Gasteiger partial charge in [-0.2, -0.15) is 0 Å². The minimum absolute atomic E-state index is 0.336. The Labute approximate surface area is 126 Å². The summed E-state index contributed by atoms with van der Waals surface area (Å²) in [6.07, 6.45) is 7.36. The van der Waals surface area contributed by atoms with Crippen LogP contribution in [0.2, 0.25) is 0 Å². The van der Waals surface area contributed by atoms with Crippen molar-refractivity contribution in [1.82, 2.24) is 0 Å². The fourth-order valence-electron chi connectivity index (χ4n) is 1.83. The topological polar surface area (TPSA) is 38.7 Å². The van der Waals surface area contributed by atoms with E-state index >= 15 is 0 Å². The van der Waals surface area contributed by atoms with E-state index in [1.165, 1.54) is 0 Å². The van der Waals surface area contributed by atoms with Crippen LogP contribution >= 0.6 is 0 Å². The molecular formula is C18H21NO2.